The summed E-state index contributed by atoms with van der Waals surface area (Å²) in [4.78, 5) is 0. The van der Waals surface area contributed by atoms with Gasteiger partial charge in [-0.2, -0.15) is 0 Å². The fraction of sp³-hybridized carbons (Fsp3) is 0.900. The van der Waals surface area contributed by atoms with Crippen LogP contribution in [0.5, 0.6) is 0 Å². The Kier molecular flexibility index (Phi) is 5.09. The van der Waals surface area contributed by atoms with Crippen molar-refractivity contribution < 1.29 is 0 Å². The highest BCUT2D eigenvalue weighted by Crippen LogP contribution is 2.61. The molecule has 1 nitrogen and oxygen atoms in total. The van der Waals surface area contributed by atoms with Crippen molar-refractivity contribution in [2.45, 2.75) is 83.1 Å². The zero-order valence-corrected chi connectivity index (χ0v) is 14.1. The number of unbranched alkanes of at least 4 members (excludes halogenated alkanes) is 3. The van der Waals surface area contributed by atoms with Crippen LogP contribution in [0, 0.1) is 23.2 Å². The van der Waals surface area contributed by atoms with Crippen molar-refractivity contribution in [1.82, 2.24) is 5.32 Å². The molecule has 0 spiro atoms. The molecule has 4 aliphatic rings. The molecule has 120 valence electrons. The van der Waals surface area contributed by atoms with Crippen LogP contribution in [0.4, 0.5) is 0 Å². The van der Waals surface area contributed by atoms with Crippen LogP contribution < -0.4 is 5.32 Å². The second-order valence-electron chi connectivity index (χ2n) is 8.53. The van der Waals surface area contributed by atoms with E-state index in [9.17, 15) is 0 Å². The van der Waals surface area contributed by atoms with Crippen molar-refractivity contribution >= 4 is 0 Å². The van der Waals surface area contributed by atoms with Crippen LogP contribution in [0.2, 0.25) is 0 Å². The second kappa shape index (κ2) is 6.86. The third kappa shape index (κ3) is 3.73. The maximum Gasteiger partial charge on any atom is 0.00693 e. The first-order valence-electron chi connectivity index (χ1n) is 9.51. The first-order valence-corrected chi connectivity index (χ1v) is 9.51. The van der Waals surface area contributed by atoms with E-state index in [1.54, 1.807) is 38.5 Å². The Bertz CT molecular complexity index is 310. The molecule has 21 heavy (non-hydrogen) atoms. The van der Waals surface area contributed by atoms with E-state index in [1.165, 1.54) is 38.5 Å². The van der Waals surface area contributed by atoms with Crippen LogP contribution in [0.15, 0.2) is 12.7 Å². The van der Waals surface area contributed by atoms with Gasteiger partial charge in [0.15, 0.2) is 0 Å². The first kappa shape index (κ1) is 15.6. The van der Waals surface area contributed by atoms with Gasteiger partial charge in [-0.15, -0.1) is 6.58 Å². The minimum atomic E-state index is 0.740. The molecule has 4 aliphatic carbocycles. The highest BCUT2D eigenvalue weighted by atomic mass is 14.9. The average Bonchev–Trinajstić information content (AvgIpc) is 2.44. The van der Waals surface area contributed by atoms with Crippen molar-refractivity contribution in [2.24, 2.45) is 23.2 Å². The Hall–Kier alpha value is -0.300. The lowest BCUT2D eigenvalue weighted by atomic mass is 9.48. The Labute approximate surface area is 132 Å². The quantitative estimate of drug-likeness (QED) is 0.447. The fourth-order valence-electron chi connectivity index (χ4n) is 6.27. The number of hydrogen-bond donors (Lipinski definition) is 1. The summed E-state index contributed by atoms with van der Waals surface area (Å²) >= 11 is 0. The molecule has 1 unspecified atom stereocenters. The number of rotatable bonds is 9. The van der Waals surface area contributed by atoms with Crippen molar-refractivity contribution in [3.05, 3.63) is 12.7 Å². The maximum absolute atomic E-state index is 3.82. The van der Waals surface area contributed by atoms with E-state index in [2.05, 4.69) is 25.0 Å². The fourth-order valence-corrected chi connectivity index (χ4v) is 6.27. The molecule has 0 aromatic carbocycles. The third-order valence-electron chi connectivity index (χ3n) is 6.71. The van der Waals surface area contributed by atoms with Gasteiger partial charge in [0.05, 0.1) is 0 Å². The molecular formula is C20H35N. The van der Waals surface area contributed by atoms with E-state index in [1.807, 2.05) is 0 Å². The van der Waals surface area contributed by atoms with Gasteiger partial charge in [0.1, 0.15) is 0 Å². The van der Waals surface area contributed by atoms with Gasteiger partial charge in [0.25, 0.3) is 0 Å². The van der Waals surface area contributed by atoms with Gasteiger partial charge >= 0.3 is 0 Å². The standard InChI is InChI=1S/C20H35N/c1-3-4-5-6-7-8-19(21-2)15-20-12-16-9-17(13-20)11-18(10-16)14-20/h3,16-19,21H,1,4-15H2,2H3. The van der Waals surface area contributed by atoms with E-state index in [0.29, 0.717) is 0 Å². The van der Waals surface area contributed by atoms with Gasteiger partial charge in [-0.3, -0.25) is 0 Å². The lowest BCUT2D eigenvalue weighted by Gasteiger charge is -2.57. The highest BCUT2D eigenvalue weighted by molar-refractivity contribution is 5.02. The SMILES string of the molecule is C=CCCCCCC(CC12CC3CC(CC(C3)C1)C2)NC. The molecule has 4 fully saturated rings. The van der Waals surface area contributed by atoms with Gasteiger partial charge in [-0.1, -0.05) is 18.9 Å². The lowest BCUT2D eigenvalue weighted by Crippen LogP contribution is -2.48. The van der Waals surface area contributed by atoms with Gasteiger partial charge in [-0.05, 0) is 94.4 Å². The number of nitrogens with one attached hydrogen (secondary N) is 1. The molecule has 4 saturated carbocycles. The summed E-state index contributed by atoms with van der Waals surface area (Å²) in [6.45, 7) is 3.82. The van der Waals surface area contributed by atoms with Gasteiger partial charge < -0.3 is 5.32 Å². The zero-order valence-electron chi connectivity index (χ0n) is 14.1. The van der Waals surface area contributed by atoms with Crippen molar-refractivity contribution in [3.63, 3.8) is 0 Å². The average molecular weight is 290 g/mol. The van der Waals surface area contributed by atoms with Crippen molar-refractivity contribution in [2.75, 3.05) is 7.05 Å². The maximum atomic E-state index is 3.82. The molecule has 0 aromatic heterocycles. The van der Waals surface area contributed by atoms with Crippen LogP contribution >= 0.6 is 0 Å². The van der Waals surface area contributed by atoms with Crippen LogP contribution in [0.25, 0.3) is 0 Å². The highest BCUT2D eigenvalue weighted by Gasteiger charge is 2.51. The molecule has 0 saturated heterocycles. The first-order chi connectivity index (χ1) is 10.2. The summed E-state index contributed by atoms with van der Waals surface area (Å²) < 4.78 is 0. The molecule has 0 amide bonds. The van der Waals surface area contributed by atoms with Crippen molar-refractivity contribution in [1.29, 1.82) is 0 Å². The Morgan fingerprint density at radius 2 is 1.67 bits per heavy atom. The van der Waals surface area contributed by atoms with E-state index >= 15 is 0 Å². The molecule has 4 bridgehead atoms. The van der Waals surface area contributed by atoms with E-state index in [0.717, 1.165) is 29.2 Å². The zero-order chi connectivity index (χ0) is 14.7. The normalized spacial score (nSPS) is 38.6. The molecule has 0 heterocycles. The Morgan fingerprint density at radius 3 is 2.19 bits per heavy atom. The second-order valence-corrected chi connectivity index (χ2v) is 8.53. The molecule has 1 heteroatoms. The predicted octanol–water partition coefficient (Wildman–Crippen LogP) is 5.32. The van der Waals surface area contributed by atoms with E-state index < -0.39 is 0 Å². The molecule has 1 N–H and O–H groups in total. The van der Waals surface area contributed by atoms with Crippen LogP contribution in [-0.4, -0.2) is 13.1 Å². The van der Waals surface area contributed by atoms with E-state index in [-0.39, 0.29) is 0 Å². The smallest absolute Gasteiger partial charge is 0.00693 e. The van der Waals surface area contributed by atoms with Gasteiger partial charge in [0, 0.05) is 6.04 Å². The summed E-state index contributed by atoms with van der Waals surface area (Å²) in [7, 11) is 2.19. The van der Waals surface area contributed by atoms with Crippen LogP contribution in [-0.2, 0) is 0 Å². The number of hydrogen-bond acceptors (Lipinski definition) is 1. The summed E-state index contributed by atoms with van der Waals surface area (Å²) in [6, 6.07) is 0.769. The minimum Gasteiger partial charge on any atom is -0.317 e. The molecular weight excluding hydrogens is 254 g/mol. The molecule has 0 radical (unpaired) electrons. The minimum absolute atomic E-state index is 0.740. The van der Waals surface area contributed by atoms with Crippen LogP contribution in [0.3, 0.4) is 0 Å². The van der Waals surface area contributed by atoms with Gasteiger partial charge in [0.2, 0.25) is 0 Å². The summed E-state index contributed by atoms with van der Waals surface area (Å²) in [5.74, 6) is 3.30. The van der Waals surface area contributed by atoms with Crippen LogP contribution in [0.1, 0.15) is 77.0 Å². The monoisotopic (exact) mass is 289 g/mol. The van der Waals surface area contributed by atoms with Gasteiger partial charge in [-0.25, -0.2) is 0 Å². The molecule has 4 rings (SSSR count). The van der Waals surface area contributed by atoms with E-state index in [4.69, 9.17) is 0 Å². The van der Waals surface area contributed by atoms with Crippen molar-refractivity contribution in [3.8, 4) is 0 Å². The largest absolute Gasteiger partial charge is 0.317 e. The third-order valence-corrected chi connectivity index (χ3v) is 6.71. The lowest BCUT2D eigenvalue weighted by molar-refractivity contribution is -0.0621. The predicted molar refractivity (Wildman–Crippen MR) is 91.4 cm³/mol. The summed E-state index contributed by atoms with van der Waals surface area (Å²) in [5.41, 5.74) is 0.740. The summed E-state index contributed by atoms with van der Waals surface area (Å²) in [6.07, 6.45) is 19.6. The molecule has 1 atom stereocenters. The molecule has 0 aromatic rings. The molecule has 0 aliphatic heterocycles. The Morgan fingerprint density at radius 1 is 1.05 bits per heavy atom. The number of allylic oxidation sites excluding steroid dienone is 1. The topological polar surface area (TPSA) is 12.0 Å². The Balaban J connectivity index is 1.48. The summed E-state index contributed by atoms with van der Waals surface area (Å²) in [5, 5.41) is 3.65.